The van der Waals surface area contributed by atoms with Crippen molar-refractivity contribution in [3.05, 3.63) is 70.4 Å². The van der Waals surface area contributed by atoms with Gasteiger partial charge in [-0.15, -0.1) is 11.3 Å². The minimum Gasteiger partial charge on any atom is -0.496 e. The fraction of sp³-hybridized carbons (Fsp3) is 0.292. The molecule has 1 aromatic heterocycles. The van der Waals surface area contributed by atoms with Gasteiger partial charge in [0.1, 0.15) is 19.0 Å². The number of amides is 1. The van der Waals surface area contributed by atoms with Gasteiger partial charge in [-0.1, -0.05) is 24.3 Å². The van der Waals surface area contributed by atoms with Crippen molar-refractivity contribution in [2.45, 2.75) is 19.5 Å². The molecule has 3 aromatic rings. The maximum atomic E-state index is 13.3. The van der Waals surface area contributed by atoms with Gasteiger partial charge < -0.3 is 24.4 Å². The van der Waals surface area contributed by atoms with Gasteiger partial charge in [0, 0.05) is 28.2 Å². The molecule has 0 saturated carbocycles. The van der Waals surface area contributed by atoms with E-state index >= 15 is 0 Å². The van der Waals surface area contributed by atoms with Crippen LogP contribution < -0.4 is 24.4 Å². The smallest absolute Gasteiger partial charge is 0.241 e. The predicted octanol–water partition coefficient (Wildman–Crippen LogP) is 4.41. The molecule has 2 aromatic carbocycles. The minimum absolute atomic E-state index is 0.0215. The molecule has 0 aliphatic carbocycles. The molecule has 1 amide bonds. The van der Waals surface area contributed by atoms with Gasteiger partial charge in [0.05, 0.1) is 20.2 Å². The molecule has 1 aliphatic rings. The number of anilines is 1. The third-order valence-electron chi connectivity index (χ3n) is 5.20. The van der Waals surface area contributed by atoms with Crippen molar-refractivity contribution >= 4 is 22.9 Å². The summed E-state index contributed by atoms with van der Waals surface area (Å²) in [6.07, 6.45) is 0. The molecule has 7 heteroatoms. The fourth-order valence-electron chi connectivity index (χ4n) is 3.55. The number of rotatable bonds is 8. The van der Waals surface area contributed by atoms with Crippen molar-refractivity contribution in [2.24, 2.45) is 0 Å². The average molecular weight is 439 g/mol. The van der Waals surface area contributed by atoms with Crippen molar-refractivity contribution in [2.75, 3.05) is 31.8 Å². The molecule has 0 radical (unpaired) electrons. The summed E-state index contributed by atoms with van der Waals surface area (Å²) in [5, 5.41) is 5.36. The molecule has 162 valence electrons. The van der Waals surface area contributed by atoms with Crippen molar-refractivity contribution < 1.29 is 19.0 Å². The number of thiophene rings is 1. The highest BCUT2D eigenvalue weighted by molar-refractivity contribution is 7.09. The second-order valence-corrected chi connectivity index (χ2v) is 8.26. The quantitative estimate of drug-likeness (QED) is 0.565. The Labute approximate surface area is 186 Å². The number of carbonyl (C=O) groups excluding carboxylic acids is 1. The number of benzene rings is 2. The van der Waals surface area contributed by atoms with Crippen LogP contribution >= 0.6 is 11.3 Å². The Morgan fingerprint density at radius 1 is 1.13 bits per heavy atom. The van der Waals surface area contributed by atoms with E-state index in [9.17, 15) is 4.79 Å². The number of methoxy groups -OCH3 is 1. The first kappa shape index (κ1) is 21.2. The molecule has 31 heavy (non-hydrogen) atoms. The number of nitrogens with one attached hydrogen (secondary N) is 1. The summed E-state index contributed by atoms with van der Waals surface area (Å²) in [5.74, 6) is 2.16. The molecule has 0 saturated heterocycles. The van der Waals surface area contributed by atoms with Crippen LogP contribution in [0.25, 0.3) is 0 Å². The molecule has 1 aliphatic heterocycles. The number of fused-ring (bicyclic) bond motifs is 1. The fourth-order valence-corrected chi connectivity index (χ4v) is 4.24. The van der Waals surface area contributed by atoms with Gasteiger partial charge >= 0.3 is 0 Å². The zero-order valence-electron chi connectivity index (χ0n) is 17.7. The Hall–Kier alpha value is -3.03. The van der Waals surface area contributed by atoms with E-state index in [1.807, 2.05) is 66.9 Å². The van der Waals surface area contributed by atoms with Gasteiger partial charge in [0.15, 0.2) is 11.5 Å². The predicted molar refractivity (Wildman–Crippen MR) is 122 cm³/mol. The highest BCUT2D eigenvalue weighted by Gasteiger charge is 2.21. The zero-order chi connectivity index (χ0) is 21.6. The second kappa shape index (κ2) is 9.85. The summed E-state index contributed by atoms with van der Waals surface area (Å²) in [7, 11) is 1.65. The van der Waals surface area contributed by atoms with E-state index in [-0.39, 0.29) is 18.5 Å². The first-order chi connectivity index (χ1) is 15.2. The highest BCUT2D eigenvalue weighted by atomic mass is 32.1. The topological polar surface area (TPSA) is 60.0 Å². The highest BCUT2D eigenvalue weighted by Crippen LogP contribution is 2.35. The Morgan fingerprint density at radius 3 is 2.71 bits per heavy atom. The number of ether oxygens (including phenoxy) is 3. The number of nitrogens with zero attached hydrogens (tertiary/aromatic N) is 1. The molecule has 2 heterocycles. The van der Waals surface area contributed by atoms with Crippen LogP contribution in [0.4, 0.5) is 5.69 Å². The van der Waals surface area contributed by atoms with Crippen molar-refractivity contribution in [3.63, 3.8) is 0 Å². The lowest BCUT2D eigenvalue weighted by Crippen LogP contribution is -2.38. The molecule has 1 unspecified atom stereocenters. The Balaban J connectivity index is 1.52. The summed E-state index contributed by atoms with van der Waals surface area (Å²) in [4.78, 5) is 16.2. The van der Waals surface area contributed by atoms with E-state index in [0.717, 1.165) is 21.9 Å². The van der Waals surface area contributed by atoms with E-state index in [2.05, 4.69) is 5.32 Å². The molecule has 1 N–H and O–H groups in total. The van der Waals surface area contributed by atoms with Gasteiger partial charge in [-0.3, -0.25) is 4.79 Å². The minimum atomic E-state index is -0.0380. The number of carbonyl (C=O) groups is 1. The lowest BCUT2D eigenvalue weighted by molar-refractivity contribution is -0.118. The molecule has 0 spiro atoms. The normalized spacial score (nSPS) is 13.5. The Morgan fingerprint density at radius 2 is 1.94 bits per heavy atom. The van der Waals surface area contributed by atoms with Crippen LogP contribution in [-0.2, 0) is 11.3 Å². The van der Waals surface area contributed by atoms with Crippen LogP contribution in [0.15, 0.2) is 60.0 Å². The van der Waals surface area contributed by atoms with Crippen molar-refractivity contribution in [3.8, 4) is 17.2 Å². The van der Waals surface area contributed by atoms with Crippen LogP contribution in [0.5, 0.6) is 17.2 Å². The average Bonchev–Trinajstić information content (AvgIpc) is 3.33. The third-order valence-corrected chi connectivity index (χ3v) is 6.06. The summed E-state index contributed by atoms with van der Waals surface area (Å²) in [5.41, 5.74) is 1.80. The maximum Gasteiger partial charge on any atom is 0.241 e. The second-order valence-electron chi connectivity index (χ2n) is 7.23. The third kappa shape index (κ3) is 5.00. The van der Waals surface area contributed by atoms with Crippen molar-refractivity contribution in [1.29, 1.82) is 0 Å². The SMILES string of the molecule is COc1ccccc1C(C)NCC(=O)N(Cc1cccs1)c1ccc2c(c1)OCCO2. The van der Waals surface area contributed by atoms with Crippen LogP contribution in [0.3, 0.4) is 0 Å². The summed E-state index contributed by atoms with van der Waals surface area (Å²) in [6, 6.07) is 17.5. The number of hydrogen-bond acceptors (Lipinski definition) is 6. The summed E-state index contributed by atoms with van der Waals surface area (Å²) >= 11 is 1.63. The van der Waals surface area contributed by atoms with Gasteiger partial charge in [-0.25, -0.2) is 0 Å². The summed E-state index contributed by atoms with van der Waals surface area (Å²) < 4.78 is 16.8. The van der Waals surface area contributed by atoms with Crippen LogP contribution in [0, 0.1) is 0 Å². The number of para-hydroxylation sites is 1. The molecule has 6 nitrogen and oxygen atoms in total. The van der Waals surface area contributed by atoms with E-state index in [0.29, 0.717) is 31.3 Å². The lowest BCUT2D eigenvalue weighted by atomic mass is 10.1. The largest absolute Gasteiger partial charge is 0.496 e. The lowest BCUT2D eigenvalue weighted by Gasteiger charge is -2.26. The first-order valence-electron chi connectivity index (χ1n) is 10.2. The first-order valence-corrected chi connectivity index (χ1v) is 11.1. The van der Waals surface area contributed by atoms with Crippen molar-refractivity contribution in [1.82, 2.24) is 5.32 Å². The van der Waals surface area contributed by atoms with Gasteiger partial charge in [-0.05, 0) is 36.6 Å². The Bertz CT molecular complexity index is 1020. The molecular formula is C24H26N2O4S. The summed E-state index contributed by atoms with van der Waals surface area (Å²) in [6.45, 7) is 3.76. The Kier molecular flexibility index (Phi) is 6.74. The van der Waals surface area contributed by atoms with E-state index in [4.69, 9.17) is 14.2 Å². The van der Waals surface area contributed by atoms with Crippen LogP contribution in [0.1, 0.15) is 23.4 Å². The molecular weight excluding hydrogens is 412 g/mol. The van der Waals surface area contributed by atoms with Crippen LogP contribution in [0.2, 0.25) is 0 Å². The molecule has 4 rings (SSSR count). The van der Waals surface area contributed by atoms with Gasteiger partial charge in [0.2, 0.25) is 5.91 Å². The number of hydrogen-bond donors (Lipinski definition) is 1. The molecule has 0 bridgehead atoms. The van der Waals surface area contributed by atoms with E-state index in [1.54, 1.807) is 23.3 Å². The van der Waals surface area contributed by atoms with Gasteiger partial charge in [-0.2, -0.15) is 0 Å². The monoisotopic (exact) mass is 438 g/mol. The molecule has 0 fully saturated rings. The zero-order valence-corrected chi connectivity index (χ0v) is 18.5. The van der Waals surface area contributed by atoms with E-state index in [1.165, 1.54) is 0 Å². The van der Waals surface area contributed by atoms with E-state index < -0.39 is 0 Å². The molecule has 1 atom stereocenters. The van der Waals surface area contributed by atoms with Gasteiger partial charge in [0.25, 0.3) is 0 Å². The standard InChI is InChI=1S/C24H26N2O4S/c1-17(20-7-3-4-8-21(20)28-2)25-15-24(27)26(16-19-6-5-13-31-19)18-9-10-22-23(14-18)30-12-11-29-22/h3-10,13-14,17,25H,11-12,15-16H2,1-2H3. The van der Waals surface area contributed by atoms with Crippen LogP contribution in [-0.4, -0.2) is 32.8 Å². The maximum absolute atomic E-state index is 13.3.